The molecule has 2 aromatic carbocycles. The number of fused-ring (bicyclic) bond motifs is 1. The van der Waals surface area contributed by atoms with Gasteiger partial charge in [0.15, 0.2) is 0 Å². The van der Waals surface area contributed by atoms with Crippen LogP contribution in [0.5, 0.6) is 0 Å². The number of rotatable bonds is 2. The summed E-state index contributed by atoms with van der Waals surface area (Å²) in [6, 6.07) is 15.4. The molecular weight excluding hydrogens is 339 g/mol. The Balaban J connectivity index is 1.92. The molecule has 0 amide bonds. The number of nitrogens with one attached hydrogen (secondary N) is 1. The van der Waals surface area contributed by atoms with E-state index in [-0.39, 0.29) is 0 Å². The van der Waals surface area contributed by atoms with E-state index in [1.807, 2.05) is 36.4 Å². The van der Waals surface area contributed by atoms with Gasteiger partial charge >= 0.3 is 6.18 Å². The molecule has 1 fully saturated rings. The molecule has 0 aliphatic carbocycles. The maximum atomic E-state index is 13.1. The average molecular weight is 357 g/mol. The van der Waals surface area contributed by atoms with Gasteiger partial charge in [-0.2, -0.15) is 13.2 Å². The third-order valence-corrected chi connectivity index (χ3v) is 4.64. The van der Waals surface area contributed by atoms with Crippen LogP contribution in [-0.2, 0) is 6.18 Å². The number of nitrogens with zero attached hydrogens (tertiary/aromatic N) is 2. The number of benzene rings is 2. The molecular formula is C20H18F3N3. The van der Waals surface area contributed by atoms with Crippen molar-refractivity contribution in [3.05, 3.63) is 60.2 Å². The van der Waals surface area contributed by atoms with E-state index in [4.69, 9.17) is 0 Å². The zero-order valence-electron chi connectivity index (χ0n) is 14.1. The van der Waals surface area contributed by atoms with Crippen molar-refractivity contribution in [2.24, 2.45) is 0 Å². The molecule has 0 radical (unpaired) electrons. The van der Waals surface area contributed by atoms with Gasteiger partial charge in [0.1, 0.15) is 0 Å². The van der Waals surface area contributed by atoms with Gasteiger partial charge in [0.2, 0.25) is 0 Å². The maximum absolute atomic E-state index is 13.1. The first-order chi connectivity index (χ1) is 12.5. The molecule has 1 aromatic heterocycles. The van der Waals surface area contributed by atoms with Crippen molar-refractivity contribution < 1.29 is 13.2 Å². The Morgan fingerprint density at radius 1 is 0.923 bits per heavy atom. The molecule has 0 unspecified atom stereocenters. The highest BCUT2D eigenvalue weighted by Gasteiger charge is 2.31. The van der Waals surface area contributed by atoms with Gasteiger partial charge in [-0.05, 0) is 18.2 Å². The minimum Gasteiger partial charge on any atom is -0.368 e. The predicted octanol–water partition coefficient (Wildman–Crippen LogP) is 4.33. The number of alkyl halides is 3. The summed E-state index contributed by atoms with van der Waals surface area (Å²) in [6.07, 6.45) is -4.38. The topological polar surface area (TPSA) is 28.2 Å². The van der Waals surface area contributed by atoms with Gasteiger partial charge in [-0.1, -0.05) is 36.4 Å². The molecule has 0 spiro atoms. The summed E-state index contributed by atoms with van der Waals surface area (Å²) in [5, 5.41) is 4.05. The lowest BCUT2D eigenvalue weighted by Gasteiger charge is -2.30. The summed E-state index contributed by atoms with van der Waals surface area (Å²) >= 11 is 0. The van der Waals surface area contributed by atoms with Crippen LogP contribution in [0.1, 0.15) is 5.56 Å². The Morgan fingerprint density at radius 3 is 2.35 bits per heavy atom. The van der Waals surface area contributed by atoms with Gasteiger partial charge < -0.3 is 10.2 Å². The van der Waals surface area contributed by atoms with E-state index in [0.717, 1.165) is 54.9 Å². The van der Waals surface area contributed by atoms with Gasteiger partial charge in [0, 0.05) is 42.8 Å². The van der Waals surface area contributed by atoms with E-state index in [1.54, 1.807) is 0 Å². The molecule has 1 N–H and O–H groups in total. The lowest BCUT2D eigenvalue weighted by molar-refractivity contribution is -0.137. The fourth-order valence-corrected chi connectivity index (χ4v) is 3.31. The summed E-state index contributed by atoms with van der Waals surface area (Å²) in [5.74, 6) is 0. The smallest absolute Gasteiger partial charge is 0.368 e. The normalized spacial score (nSPS) is 15.4. The number of hydrogen-bond acceptors (Lipinski definition) is 3. The quantitative estimate of drug-likeness (QED) is 0.740. The predicted molar refractivity (Wildman–Crippen MR) is 97.3 cm³/mol. The monoisotopic (exact) mass is 357 g/mol. The number of aromatic nitrogens is 1. The molecule has 26 heavy (non-hydrogen) atoms. The van der Waals surface area contributed by atoms with Crippen LogP contribution in [0.25, 0.3) is 22.2 Å². The number of piperazine rings is 1. The molecule has 3 nitrogen and oxygen atoms in total. The molecule has 2 heterocycles. The highest BCUT2D eigenvalue weighted by Crippen LogP contribution is 2.35. The Bertz CT molecular complexity index is 917. The molecule has 1 aliphatic rings. The third-order valence-electron chi connectivity index (χ3n) is 4.64. The zero-order valence-corrected chi connectivity index (χ0v) is 14.1. The molecule has 1 saturated heterocycles. The van der Waals surface area contributed by atoms with Crippen molar-refractivity contribution in [2.45, 2.75) is 6.18 Å². The molecule has 4 rings (SSSR count). The standard InChI is InChI=1S/C20H18F3N3/c21-20(22,23)15-6-7-16-18(12-15)25-17(14-4-2-1-3-5-14)13-19(16)26-10-8-24-9-11-26/h1-7,12-13,24H,8-11H2. The molecule has 134 valence electrons. The van der Waals surface area contributed by atoms with Gasteiger partial charge in [-0.15, -0.1) is 0 Å². The van der Waals surface area contributed by atoms with Crippen molar-refractivity contribution in [1.29, 1.82) is 0 Å². The molecule has 0 bridgehead atoms. The fraction of sp³-hybridized carbons (Fsp3) is 0.250. The van der Waals surface area contributed by atoms with E-state index in [1.165, 1.54) is 6.07 Å². The molecule has 1 aliphatic heterocycles. The summed E-state index contributed by atoms with van der Waals surface area (Å²) in [5.41, 5.74) is 2.21. The van der Waals surface area contributed by atoms with Crippen LogP contribution in [0.2, 0.25) is 0 Å². The molecule has 3 aromatic rings. The lowest BCUT2D eigenvalue weighted by Crippen LogP contribution is -2.43. The Hall–Kier alpha value is -2.60. The van der Waals surface area contributed by atoms with E-state index in [0.29, 0.717) is 11.2 Å². The number of hydrogen-bond donors (Lipinski definition) is 1. The van der Waals surface area contributed by atoms with Crippen molar-refractivity contribution in [2.75, 3.05) is 31.1 Å². The fourth-order valence-electron chi connectivity index (χ4n) is 3.31. The summed E-state index contributed by atoms with van der Waals surface area (Å²) < 4.78 is 39.4. The highest BCUT2D eigenvalue weighted by atomic mass is 19.4. The summed E-state index contributed by atoms with van der Waals surface area (Å²) in [7, 11) is 0. The first-order valence-corrected chi connectivity index (χ1v) is 8.55. The molecule has 0 atom stereocenters. The van der Waals surface area contributed by atoms with Crippen LogP contribution in [0, 0.1) is 0 Å². The van der Waals surface area contributed by atoms with E-state index in [2.05, 4.69) is 15.2 Å². The number of anilines is 1. The Labute approximate surface area is 149 Å². The van der Waals surface area contributed by atoms with Gasteiger partial charge in [0.25, 0.3) is 0 Å². The number of halogens is 3. The zero-order chi connectivity index (χ0) is 18.1. The third kappa shape index (κ3) is 3.24. The van der Waals surface area contributed by atoms with Crippen LogP contribution < -0.4 is 10.2 Å². The van der Waals surface area contributed by atoms with Crippen molar-refractivity contribution in [1.82, 2.24) is 10.3 Å². The lowest BCUT2D eigenvalue weighted by atomic mass is 10.0. The van der Waals surface area contributed by atoms with Gasteiger partial charge in [-0.25, -0.2) is 4.98 Å². The van der Waals surface area contributed by atoms with Crippen molar-refractivity contribution in [3.8, 4) is 11.3 Å². The maximum Gasteiger partial charge on any atom is 0.416 e. The summed E-state index contributed by atoms with van der Waals surface area (Å²) in [6.45, 7) is 3.33. The largest absolute Gasteiger partial charge is 0.416 e. The minimum atomic E-state index is -4.38. The van der Waals surface area contributed by atoms with Gasteiger partial charge in [0.05, 0.1) is 16.8 Å². The Morgan fingerprint density at radius 2 is 1.65 bits per heavy atom. The van der Waals surface area contributed by atoms with E-state index >= 15 is 0 Å². The molecule has 0 saturated carbocycles. The first-order valence-electron chi connectivity index (χ1n) is 8.55. The second kappa shape index (κ2) is 6.61. The van der Waals surface area contributed by atoms with Crippen molar-refractivity contribution >= 4 is 16.6 Å². The molecule has 6 heteroatoms. The second-order valence-electron chi connectivity index (χ2n) is 6.36. The second-order valence-corrected chi connectivity index (χ2v) is 6.36. The first kappa shape index (κ1) is 16.8. The average Bonchev–Trinajstić information content (AvgIpc) is 2.67. The van der Waals surface area contributed by atoms with Crippen LogP contribution in [0.4, 0.5) is 18.9 Å². The number of pyridine rings is 1. The van der Waals surface area contributed by atoms with Crippen molar-refractivity contribution in [3.63, 3.8) is 0 Å². The van der Waals surface area contributed by atoms with E-state index in [9.17, 15) is 13.2 Å². The van der Waals surface area contributed by atoms with Crippen LogP contribution in [-0.4, -0.2) is 31.2 Å². The Kier molecular flexibility index (Phi) is 4.28. The van der Waals surface area contributed by atoms with Crippen LogP contribution >= 0.6 is 0 Å². The SMILES string of the molecule is FC(F)(F)c1ccc2c(N3CCNCC3)cc(-c3ccccc3)nc2c1. The highest BCUT2D eigenvalue weighted by molar-refractivity contribution is 5.94. The van der Waals surface area contributed by atoms with Crippen LogP contribution in [0.15, 0.2) is 54.6 Å². The van der Waals surface area contributed by atoms with Crippen LogP contribution in [0.3, 0.4) is 0 Å². The van der Waals surface area contributed by atoms with E-state index < -0.39 is 11.7 Å². The summed E-state index contributed by atoms with van der Waals surface area (Å²) in [4.78, 5) is 6.74. The minimum absolute atomic E-state index is 0.370. The van der Waals surface area contributed by atoms with Gasteiger partial charge in [-0.3, -0.25) is 0 Å².